The van der Waals surface area contributed by atoms with Gasteiger partial charge in [0.05, 0.1) is 0 Å². The van der Waals surface area contributed by atoms with Crippen molar-refractivity contribution in [3.8, 4) is 5.75 Å². The molecule has 2 rings (SSSR count). The molecule has 0 aliphatic rings. The van der Waals surface area contributed by atoms with E-state index < -0.39 is 11.9 Å². The van der Waals surface area contributed by atoms with E-state index >= 15 is 0 Å². The molecule has 0 saturated heterocycles. The molecule has 0 saturated carbocycles. The van der Waals surface area contributed by atoms with Crippen molar-refractivity contribution in [1.82, 2.24) is 10.2 Å². The van der Waals surface area contributed by atoms with Gasteiger partial charge in [-0.1, -0.05) is 55.8 Å². The number of hydrogen-bond donors (Lipinski definition) is 1. The summed E-state index contributed by atoms with van der Waals surface area (Å²) < 4.78 is 19.3. The topological polar surface area (TPSA) is 58.6 Å². The van der Waals surface area contributed by atoms with Crippen LogP contribution in [0.4, 0.5) is 4.39 Å². The third-order valence-electron chi connectivity index (χ3n) is 5.05. The Bertz CT molecular complexity index is 839. The van der Waals surface area contributed by atoms with Crippen molar-refractivity contribution in [3.05, 3.63) is 65.5 Å². The van der Waals surface area contributed by atoms with Gasteiger partial charge in [-0.15, -0.1) is 0 Å². The van der Waals surface area contributed by atoms with Gasteiger partial charge in [-0.3, -0.25) is 9.59 Å². The molecule has 0 bridgehead atoms. The Labute approximate surface area is 178 Å². The number of hydrogen-bond acceptors (Lipinski definition) is 3. The first-order valence-electron chi connectivity index (χ1n) is 10.4. The van der Waals surface area contributed by atoms with Crippen LogP contribution in [0.15, 0.2) is 48.5 Å². The van der Waals surface area contributed by atoms with Gasteiger partial charge in [0.25, 0.3) is 5.91 Å². The molecule has 30 heavy (non-hydrogen) atoms. The first kappa shape index (κ1) is 23.4. The summed E-state index contributed by atoms with van der Waals surface area (Å²) in [5.74, 6) is -1.08. The highest BCUT2D eigenvalue weighted by Crippen LogP contribution is 2.17. The Kier molecular flexibility index (Phi) is 8.84. The number of carbonyl (C=O) groups is 2. The highest BCUT2D eigenvalue weighted by molar-refractivity contribution is 5.88. The van der Waals surface area contributed by atoms with Crippen LogP contribution >= 0.6 is 0 Å². The van der Waals surface area contributed by atoms with Crippen LogP contribution in [0.25, 0.3) is 0 Å². The second-order valence-electron chi connectivity index (χ2n) is 7.47. The Morgan fingerprint density at radius 1 is 1.07 bits per heavy atom. The van der Waals surface area contributed by atoms with E-state index in [1.165, 1.54) is 17.0 Å². The van der Waals surface area contributed by atoms with Gasteiger partial charge >= 0.3 is 0 Å². The van der Waals surface area contributed by atoms with Gasteiger partial charge in [0.15, 0.2) is 18.2 Å². The molecule has 2 aromatic carbocycles. The van der Waals surface area contributed by atoms with E-state index in [-0.39, 0.29) is 36.8 Å². The first-order chi connectivity index (χ1) is 14.3. The minimum Gasteiger partial charge on any atom is -0.481 e. The number of nitrogens with one attached hydrogen (secondary N) is 1. The second-order valence-corrected chi connectivity index (χ2v) is 7.47. The van der Waals surface area contributed by atoms with Crippen LogP contribution in [0.3, 0.4) is 0 Å². The van der Waals surface area contributed by atoms with Gasteiger partial charge < -0.3 is 15.0 Å². The Morgan fingerprint density at radius 3 is 2.33 bits per heavy atom. The minimum absolute atomic E-state index is 0.0116. The van der Waals surface area contributed by atoms with E-state index in [9.17, 15) is 14.0 Å². The standard InChI is InChI=1S/C24H31FN2O3/c1-5-18(4)26-24(29)21(6-2)27(15-19-13-11-17(3)12-14-19)23(28)16-30-22-10-8-7-9-20(22)25/h7-14,18,21H,5-6,15-16H2,1-4H3,(H,26,29)/t18-,21-/m1/s1. The van der Waals surface area contributed by atoms with E-state index in [2.05, 4.69) is 5.32 Å². The molecule has 0 radical (unpaired) electrons. The monoisotopic (exact) mass is 414 g/mol. The van der Waals surface area contributed by atoms with E-state index in [1.807, 2.05) is 52.0 Å². The zero-order chi connectivity index (χ0) is 22.1. The molecule has 2 amide bonds. The van der Waals surface area contributed by atoms with Gasteiger partial charge in [0.2, 0.25) is 5.91 Å². The molecule has 0 heterocycles. The average Bonchev–Trinajstić information content (AvgIpc) is 2.74. The number of amides is 2. The fraction of sp³-hybridized carbons (Fsp3) is 0.417. The maximum atomic E-state index is 13.8. The summed E-state index contributed by atoms with van der Waals surface area (Å²) in [5.41, 5.74) is 2.02. The van der Waals surface area contributed by atoms with Crippen LogP contribution in [-0.2, 0) is 16.1 Å². The molecule has 1 N–H and O–H groups in total. The van der Waals surface area contributed by atoms with Gasteiger partial charge in [0, 0.05) is 12.6 Å². The van der Waals surface area contributed by atoms with Gasteiger partial charge in [-0.2, -0.15) is 0 Å². The first-order valence-corrected chi connectivity index (χ1v) is 10.4. The summed E-state index contributed by atoms with van der Waals surface area (Å²) in [7, 11) is 0. The van der Waals surface area contributed by atoms with Gasteiger partial charge in [-0.05, 0) is 44.4 Å². The molecule has 0 fully saturated rings. The molecule has 0 aliphatic carbocycles. The van der Waals surface area contributed by atoms with Crippen molar-refractivity contribution < 1.29 is 18.7 Å². The zero-order valence-electron chi connectivity index (χ0n) is 18.2. The maximum Gasteiger partial charge on any atom is 0.261 e. The van der Waals surface area contributed by atoms with Crippen LogP contribution in [-0.4, -0.2) is 35.4 Å². The maximum absolute atomic E-state index is 13.8. The molecular formula is C24H31FN2O3. The minimum atomic E-state index is -0.642. The number of para-hydroxylation sites is 1. The summed E-state index contributed by atoms with van der Waals surface area (Å²) in [6, 6.07) is 13.1. The Hall–Kier alpha value is -2.89. The molecule has 2 atom stereocenters. The van der Waals surface area contributed by atoms with Crippen molar-refractivity contribution in [2.75, 3.05) is 6.61 Å². The number of carbonyl (C=O) groups excluding carboxylic acids is 2. The molecule has 0 unspecified atom stereocenters. The number of halogens is 1. The average molecular weight is 415 g/mol. The van der Waals surface area contributed by atoms with E-state index in [1.54, 1.807) is 12.1 Å². The lowest BCUT2D eigenvalue weighted by Gasteiger charge is -2.31. The SMILES string of the molecule is CC[C@@H](C)NC(=O)[C@@H](CC)N(Cc1ccc(C)cc1)C(=O)COc1ccccc1F. The molecule has 0 spiro atoms. The highest BCUT2D eigenvalue weighted by atomic mass is 19.1. The fourth-order valence-corrected chi connectivity index (χ4v) is 3.03. The fourth-order valence-electron chi connectivity index (χ4n) is 3.03. The number of aryl methyl sites for hydroxylation is 1. The molecule has 162 valence electrons. The van der Waals surface area contributed by atoms with Gasteiger partial charge in [0.1, 0.15) is 6.04 Å². The van der Waals surface area contributed by atoms with Crippen LogP contribution in [0.2, 0.25) is 0 Å². The molecule has 2 aromatic rings. The summed E-state index contributed by atoms with van der Waals surface area (Å²) in [5, 5.41) is 2.96. The van der Waals surface area contributed by atoms with Crippen molar-refractivity contribution in [2.24, 2.45) is 0 Å². The lowest BCUT2D eigenvalue weighted by molar-refractivity contribution is -0.143. The number of ether oxygens (including phenoxy) is 1. The summed E-state index contributed by atoms with van der Waals surface area (Å²) in [4.78, 5) is 27.4. The summed E-state index contributed by atoms with van der Waals surface area (Å²) in [6.45, 7) is 7.70. The second kappa shape index (κ2) is 11.3. The van der Waals surface area contributed by atoms with Crippen LogP contribution in [0.5, 0.6) is 5.75 Å². The Balaban J connectivity index is 2.21. The normalized spacial score (nSPS) is 12.7. The van der Waals surface area contributed by atoms with Gasteiger partial charge in [-0.25, -0.2) is 4.39 Å². The molecule has 5 nitrogen and oxygen atoms in total. The highest BCUT2D eigenvalue weighted by Gasteiger charge is 2.29. The molecule has 0 aromatic heterocycles. The number of nitrogens with zero attached hydrogens (tertiary/aromatic N) is 1. The van der Waals surface area contributed by atoms with Crippen molar-refractivity contribution in [3.63, 3.8) is 0 Å². The smallest absolute Gasteiger partial charge is 0.261 e. The van der Waals surface area contributed by atoms with Crippen LogP contribution in [0.1, 0.15) is 44.7 Å². The van der Waals surface area contributed by atoms with Crippen molar-refractivity contribution in [1.29, 1.82) is 0 Å². The molecule has 6 heteroatoms. The number of rotatable bonds is 10. The van der Waals surface area contributed by atoms with E-state index in [4.69, 9.17) is 4.74 Å². The predicted molar refractivity (Wildman–Crippen MR) is 116 cm³/mol. The van der Waals surface area contributed by atoms with E-state index in [0.29, 0.717) is 6.42 Å². The summed E-state index contributed by atoms with van der Waals surface area (Å²) >= 11 is 0. The summed E-state index contributed by atoms with van der Waals surface area (Å²) in [6.07, 6.45) is 1.25. The van der Waals surface area contributed by atoms with Crippen molar-refractivity contribution in [2.45, 2.75) is 59.2 Å². The molecule has 0 aliphatic heterocycles. The number of benzene rings is 2. The molecular weight excluding hydrogens is 383 g/mol. The third kappa shape index (κ3) is 6.58. The largest absolute Gasteiger partial charge is 0.481 e. The Morgan fingerprint density at radius 2 is 1.73 bits per heavy atom. The van der Waals surface area contributed by atoms with Crippen LogP contribution in [0, 0.1) is 12.7 Å². The lowest BCUT2D eigenvalue weighted by Crippen LogP contribution is -2.51. The van der Waals surface area contributed by atoms with Crippen LogP contribution < -0.4 is 10.1 Å². The predicted octanol–water partition coefficient (Wildman–Crippen LogP) is 4.24. The van der Waals surface area contributed by atoms with Crippen molar-refractivity contribution >= 4 is 11.8 Å². The zero-order valence-corrected chi connectivity index (χ0v) is 18.2. The third-order valence-corrected chi connectivity index (χ3v) is 5.05. The quantitative estimate of drug-likeness (QED) is 0.633. The van der Waals surface area contributed by atoms with E-state index in [0.717, 1.165) is 17.5 Å². The lowest BCUT2D eigenvalue weighted by atomic mass is 10.1.